The summed E-state index contributed by atoms with van der Waals surface area (Å²) < 4.78 is 5.17. The van der Waals surface area contributed by atoms with E-state index in [1.165, 1.54) is 0 Å². The van der Waals surface area contributed by atoms with Crippen LogP contribution in [0.3, 0.4) is 0 Å². The zero-order valence-electron chi connectivity index (χ0n) is 11.9. The summed E-state index contributed by atoms with van der Waals surface area (Å²) in [7, 11) is 1.58. The first-order valence-corrected chi connectivity index (χ1v) is 6.85. The van der Waals surface area contributed by atoms with Crippen molar-refractivity contribution in [1.29, 1.82) is 0 Å². The first-order valence-electron chi connectivity index (χ1n) is 6.85. The molecule has 110 valence electrons. The highest BCUT2D eigenvalue weighted by molar-refractivity contribution is 5.55. The highest BCUT2D eigenvalue weighted by atomic mass is 16.5. The van der Waals surface area contributed by atoms with Gasteiger partial charge >= 0.3 is 0 Å². The van der Waals surface area contributed by atoms with Gasteiger partial charge in [-0.25, -0.2) is 9.97 Å². The Balaban J connectivity index is 1.68. The summed E-state index contributed by atoms with van der Waals surface area (Å²) in [6.07, 6.45) is 3.53. The van der Waals surface area contributed by atoms with E-state index in [9.17, 15) is 0 Å². The highest BCUT2D eigenvalue weighted by Crippen LogP contribution is 2.23. The summed E-state index contributed by atoms with van der Waals surface area (Å²) in [5.74, 6) is 2.14. The Hall–Kier alpha value is -2.57. The number of hydrogen-bond donors (Lipinski definition) is 1. The maximum absolute atomic E-state index is 5.80. The molecule has 1 fully saturated rings. The van der Waals surface area contributed by atoms with Crippen LogP contribution in [0.15, 0.2) is 30.6 Å². The summed E-state index contributed by atoms with van der Waals surface area (Å²) in [6, 6.07) is 5.57. The average Bonchev–Trinajstić information content (AvgIpc) is 2.56. The third-order valence-corrected chi connectivity index (χ3v) is 3.51. The predicted molar refractivity (Wildman–Crippen MR) is 81.7 cm³/mol. The van der Waals surface area contributed by atoms with E-state index >= 15 is 0 Å². The van der Waals surface area contributed by atoms with Crippen molar-refractivity contribution in [2.24, 2.45) is 0 Å². The molecule has 0 spiro atoms. The second-order valence-electron chi connectivity index (χ2n) is 4.79. The van der Waals surface area contributed by atoms with E-state index < -0.39 is 0 Å². The van der Waals surface area contributed by atoms with Gasteiger partial charge in [-0.05, 0) is 18.2 Å². The summed E-state index contributed by atoms with van der Waals surface area (Å²) in [5, 5.41) is 0. The molecular formula is C14H18N6O. The maximum Gasteiger partial charge on any atom is 0.238 e. The second kappa shape index (κ2) is 5.82. The van der Waals surface area contributed by atoms with E-state index in [1.807, 2.05) is 18.2 Å². The molecule has 0 aliphatic carbocycles. The van der Waals surface area contributed by atoms with Crippen molar-refractivity contribution < 1.29 is 4.74 Å². The fraction of sp³-hybridized carbons (Fsp3) is 0.357. The lowest BCUT2D eigenvalue weighted by molar-refractivity contribution is 0.400. The summed E-state index contributed by atoms with van der Waals surface area (Å²) >= 11 is 0. The fourth-order valence-electron chi connectivity index (χ4n) is 2.37. The van der Waals surface area contributed by atoms with Gasteiger partial charge in [0.05, 0.1) is 12.8 Å². The van der Waals surface area contributed by atoms with Gasteiger partial charge in [0.1, 0.15) is 5.82 Å². The number of piperazine rings is 1. The second-order valence-corrected chi connectivity index (χ2v) is 4.79. The lowest BCUT2D eigenvalue weighted by Gasteiger charge is -2.35. The molecule has 1 aliphatic rings. The molecule has 0 unspecified atom stereocenters. The van der Waals surface area contributed by atoms with Gasteiger partial charge < -0.3 is 20.3 Å². The normalized spacial score (nSPS) is 15.1. The number of ether oxygens (including phenoxy) is 1. The molecule has 0 saturated carbocycles. The van der Waals surface area contributed by atoms with Crippen LogP contribution in [0.25, 0.3) is 0 Å². The largest absolute Gasteiger partial charge is 0.479 e. The molecular weight excluding hydrogens is 268 g/mol. The van der Waals surface area contributed by atoms with Crippen molar-refractivity contribution in [2.45, 2.75) is 0 Å². The number of nitrogen functional groups attached to an aromatic ring is 1. The Morgan fingerprint density at radius 1 is 1.05 bits per heavy atom. The van der Waals surface area contributed by atoms with E-state index in [2.05, 4.69) is 24.8 Å². The molecule has 3 rings (SSSR count). The minimum Gasteiger partial charge on any atom is -0.479 e. The van der Waals surface area contributed by atoms with Gasteiger partial charge in [-0.1, -0.05) is 0 Å². The van der Waals surface area contributed by atoms with Gasteiger partial charge in [0.25, 0.3) is 0 Å². The molecule has 21 heavy (non-hydrogen) atoms. The maximum atomic E-state index is 5.80. The van der Waals surface area contributed by atoms with Crippen LogP contribution < -0.4 is 20.3 Å². The third-order valence-electron chi connectivity index (χ3n) is 3.51. The monoisotopic (exact) mass is 286 g/mol. The van der Waals surface area contributed by atoms with Crippen LogP contribution >= 0.6 is 0 Å². The summed E-state index contributed by atoms with van der Waals surface area (Å²) in [4.78, 5) is 17.4. The SMILES string of the molecule is COc1nc(N2CCN(c3ncccn3)CC2)ccc1N. The number of nitrogens with zero attached hydrogens (tertiary/aromatic N) is 5. The van der Waals surface area contributed by atoms with Crippen molar-refractivity contribution >= 4 is 17.5 Å². The molecule has 2 N–H and O–H groups in total. The molecule has 1 aliphatic heterocycles. The smallest absolute Gasteiger partial charge is 0.238 e. The molecule has 3 heterocycles. The van der Waals surface area contributed by atoms with Gasteiger partial charge in [-0.3, -0.25) is 0 Å². The zero-order valence-corrected chi connectivity index (χ0v) is 11.9. The number of methoxy groups -OCH3 is 1. The molecule has 1 saturated heterocycles. The van der Waals surface area contributed by atoms with Crippen LogP contribution in [-0.4, -0.2) is 48.2 Å². The molecule has 7 nitrogen and oxygen atoms in total. The van der Waals surface area contributed by atoms with Crippen molar-refractivity contribution in [3.8, 4) is 5.88 Å². The quantitative estimate of drug-likeness (QED) is 0.893. The Morgan fingerprint density at radius 2 is 1.71 bits per heavy atom. The molecule has 0 amide bonds. The number of aromatic nitrogens is 3. The molecule has 7 heteroatoms. The number of rotatable bonds is 3. The highest BCUT2D eigenvalue weighted by Gasteiger charge is 2.20. The topological polar surface area (TPSA) is 80.4 Å². The van der Waals surface area contributed by atoms with Crippen molar-refractivity contribution in [2.75, 3.05) is 48.8 Å². The first kappa shape index (κ1) is 13.4. The lowest BCUT2D eigenvalue weighted by Crippen LogP contribution is -2.47. The fourth-order valence-corrected chi connectivity index (χ4v) is 2.37. The van der Waals surface area contributed by atoms with Gasteiger partial charge in [0, 0.05) is 38.6 Å². The van der Waals surface area contributed by atoms with E-state index in [1.54, 1.807) is 19.5 Å². The van der Waals surface area contributed by atoms with Crippen molar-refractivity contribution in [3.63, 3.8) is 0 Å². The summed E-state index contributed by atoms with van der Waals surface area (Å²) in [5.41, 5.74) is 6.35. The average molecular weight is 286 g/mol. The van der Waals surface area contributed by atoms with Crippen LogP contribution in [0, 0.1) is 0 Å². The minimum atomic E-state index is 0.473. The van der Waals surface area contributed by atoms with Gasteiger partial charge in [-0.2, -0.15) is 4.98 Å². The standard InChI is InChI=1S/C14H18N6O/c1-21-13-11(15)3-4-12(18-13)19-7-9-20(10-8-19)14-16-5-2-6-17-14/h2-6H,7-10,15H2,1H3. The van der Waals surface area contributed by atoms with Crippen LogP contribution in [0.2, 0.25) is 0 Å². The Morgan fingerprint density at radius 3 is 2.38 bits per heavy atom. The minimum absolute atomic E-state index is 0.473. The molecule has 0 aromatic carbocycles. The molecule has 0 bridgehead atoms. The van der Waals surface area contributed by atoms with Crippen LogP contribution in [0.4, 0.5) is 17.5 Å². The van der Waals surface area contributed by atoms with Gasteiger partial charge in [-0.15, -0.1) is 0 Å². The number of hydrogen-bond acceptors (Lipinski definition) is 7. The van der Waals surface area contributed by atoms with E-state index in [4.69, 9.17) is 10.5 Å². The number of pyridine rings is 1. The van der Waals surface area contributed by atoms with Crippen molar-refractivity contribution in [3.05, 3.63) is 30.6 Å². The van der Waals surface area contributed by atoms with Crippen molar-refractivity contribution in [1.82, 2.24) is 15.0 Å². The van der Waals surface area contributed by atoms with Crippen LogP contribution in [-0.2, 0) is 0 Å². The Kier molecular flexibility index (Phi) is 3.72. The first-order chi connectivity index (χ1) is 10.3. The van der Waals surface area contributed by atoms with E-state index in [0.29, 0.717) is 11.6 Å². The van der Waals surface area contributed by atoms with Crippen LogP contribution in [0.1, 0.15) is 0 Å². The lowest BCUT2D eigenvalue weighted by atomic mass is 10.3. The third kappa shape index (κ3) is 2.81. The molecule has 2 aromatic rings. The van der Waals surface area contributed by atoms with Crippen LogP contribution in [0.5, 0.6) is 5.88 Å². The zero-order chi connectivity index (χ0) is 14.7. The number of nitrogens with two attached hydrogens (primary N) is 1. The molecule has 2 aromatic heterocycles. The molecule has 0 radical (unpaired) electrons. The summed E-state index contributed by atoms with van der Waals surface area (Å²) in [6.45, 7) is 3.44. The molecule has 0 atom stereocenters. The van der Waals surface area contributed by atoms with Gasteiger partial charge in [0.2, 0.25) is 11.8 Å². The number of anilines is 3. The Labute approximate surface area is 123 Å². The van der Waals surface area contributed by atoms with E-state index in [0.717, 1.165) is 37.9 Å². The van der Waals surface area contributed by atoms with Gasteiger partial charge in [0.15, 0.2) is 0 Å². The van der Waals surface area contributed by atoms with E-state index in [-0.39, 0.29) is 0 Å². The Bertz CT molecular complexity index is 598. The predicted octanol–water partition coefficient (Wildman–Crippen LogP) is 0.789.